The number of nitrogens with zero attached hydrogens (tertiary/aromatic N) is 3. The van der Waals surface area contributed by atoms with Gasteiger partial charge >= 0.3 is 0 Å². The third-order valence-corrected chi connectivity index (χ3v) is 2.51. The Hall–Kier alpha value is -2.44. The lowest BCUT2D eigenvalue weighted by Crippen LogP contribution is -2.20. The van der Waals surface area contributed by atoms with Crippen LogP contribution in [-0.4, -0.2) is 14.6 Å². The van der Waals surface area contributed by atoms with Crippen molar-refractivity contribution in [3.8, 4) is 0 Å². The Labute approximate surface area is 102 Å². The molecule has 2 aromatic rings. The van der Waals surface area contributed by atoms with Gasteiger partial charge in [-0.25, -0.2) is 0 Å². The van der Waals surface area contributed by atoms with Gasteiger partial charge in [-0.1, -0.05) is 5.16 Å². The number of hydrogen-bond acceptors (Lipinski definition) is 5. The van der Waals surface area contributed by atoms with Gasteiger partial charge in [0.15, 0.2) is 0 Å². The highest BCUT2D eigenvalue weighted by Gasteiger charge is 2.14. The molecule has 0 fully saturated rings. The fraction of sp³-hybridized carbons (Fsp3) is 0.273. The van der Waals surface area contributed by atoms with Crippen molar-refractivity contribution in [1.29, 1.82) is 0 Å². The zero-order valence-electron chi connectivity index (χ0n) is 9.91. The average molecular weight is 249 g/mol. The summed E-state index contributed by atoms with van der Waals surface area (Å²) in [4.78, 5) is 22.0. The van der Waals surface area contributed by atoms with Crippen LogP contribution in [0.1, 0.15) is 17.0 Å². The maximum absolute atomic E-state index is 11.7. The van der Waals surface area contributed by atoms with Crippen LogP contribution in [0.5, 0.6) is 0 Å². The summed E-state index contributed by atoms with van der Waals surface area (Å²) in [7, 11) is 0. The van der Waals surface area contributed by atoms with Gasteiger partial charge in [0.25, 0.3) is 11.2 Å². The van der Waals surface area contributed by atoms with E-state index in [1.165, 1.54) is 23.8 Å². The standard InChI is InChI=1S/C11H11N3O4/c1-7-3-11(15)13(6-10(7)14(16)17)5-9-4-8(2)18-12-9/h3-4,6H,5H2,1-2H3. The van der Waals surface area contributed by atoms with Crippen molar-refractivity contribution in [2.45, 2.75) is 20.4 Å². The molecule has 18 heavy (non-hydrogen) atoms. The van der Waals surface area contributed by atoms with E-state index in [0.717, 1.165) is 0 Å². The Morgan fingerprint density at radius 2 is 2.17 bits per heavy atom. The molecule has 0 bridgehead atoms. The molecule has 0 aliphatic heterocycles. The molecule has 7 heteroatoms. The number of aryl methyl sites for hydroxylation is 2. The second kappa shape index (κ2) is 4.44. The van der Waals surface area contributed by atoms with Crippen molar-refractivity contribution in [3.63, 3.8) is 0 Å². The highest BCUT2D eigenvalue weighted by atomic mass is 16.6. The summed E-state index contributed by atoms with van der Waals surface area (Å²) in [5.41, 5.74) is 0.499. The molecule has 2 aromatic heterocycles. The van der Waals surface area contributed by atoms with Gasteiger partial charge in [-0.15, -0.1) is 0 Å². The first kappa shape index (κ1) is 12.0. The second-order valence-corrected chi connectivity index (χ2v) is 3.99. The van der Waals surface area contributed by atoms with E-state index in [1.807, 2.05) is 0 Å². The Morgan fingerprint density at radius 3 is 2.72 bits per heavy atom. The minimum atomic E-state index is -0.515. The monoisotopic (exact) mass is 249 g/mol. The zero-order valence-corrected chi connectivity index (χ0v) is 9.91. The Morgan fingerprint density at radius 1 is 1.44 bits per heavy atom. The van der Waals surface area contributed by atoms with Gasteiger partial charge in [0, 0.05) is 17.7 Å². The minimum Gasteiger partial charge on any atom is -0.361 e. The van der Waals surface area contributed by atoms with Crippen LogP contribution >= 0.6 is 0 Å². The van der Waals surface area contributed by atoms with Gasteiger partial charge in [-0.05, 0) is 13.8 Å². The quantitative estimate of drug-likeness (QED) is 0.605. The Bertz CT molecular complexity index is 657. The van der Waals surface area contributed by atoms with E-state index in [2.05, 4.69) is 5.16 Å². The summed E-state index contributed by atoms with van der Waals surface area (Å²) in [6.45, 7) is 3.41. The van der Waals surface area contributed by atoms with Crippen molar-refractivity contribution in [1.82, 2.24) is 9.72 Å². The van der Waals surface area contributed by atoms with Gasteiger partial charge in [0.1, 0.15) is 11.5 Å². The molecule has 0 aliphatic carbocycles. The van der Waals surface area contributed by atoms with Gasteiger partial charge in [-0.3, -0.25) is 14.9 Å². The van der Waals surface area contributed by atoms with Crippen molar-refractivity contribution in [3.05, 3.63) is 55.8 Å². The van der Waals surface area contributed by atoms with Crippen molar-refractivity contribution in [2.24, 2.45) is 0 Å². The molecule has 0 spiro atoms. The molecule has 94 valence electrons. The number of rotatable bonds is 3. The highest BCUT2D eigenvalue weighted by Crippen LogP contribution is 2.14. The van der Waals surface area contributed by atoms with Crippen LogP contribution in [0.15, 0.2) is 27.6 Å². The molecule has 0 atom stereocenters. The van der Waals surface area contributed by atoms with Crippen molar-refractivity contribution < 1.29 is 9.45 Å². The van der Waals surface area contributed by atoms with Crippen LogP contribution in [0.25, 0.3) is 0 Å². The lowest BCUT2D eigenvalue weighted by atomic mass is 10.2. The lowest BCUT2D eigenvalue weighted by Gasteiger charge is -2.03. The highest BCUT2D eigenvalue weighted by molar-refractivity contribution is 5.36. The molecule has 2 heterocycles. The maximum atomic E-state index is 11.7. The largest absolute Gasteiger partial charge is 0.361 e. The van der Waals surface area contributed by atoms with E-state index in [1.54, 1.807) is 13.0 Å². The van der Waals surface area contributed by atoms with Crippen LogP contribution < -0.4 is 5.56 Å². The summed E-state index contributed by atoms with van der Waals surface area (Å²) in [5.74, 6) is 0.625. The van der Waals surface area contributed by atoms with Crippen LogP contribution in [0.3, 0.4) is 0 Å². The molecule has 0 saturated carbocycles. The third kappa shape index (κ3) is 2.29. The first-order chi connectivity index (χ1) is 8.47. The fourth-order valence-electron chi connectivity index (χ4n) is 1.64. The fourth-order valence-corrected chi connectivity index (χ4v) is 1.64. The van der Waals surface area contributed by atoms with Gasteiger partial charge < -0.3 is 9.09 Å². The summed E-state index contributed by atoms with van der Waals surface area (Å²) in [5, 5.41) is 14.5. The molecule has 0 aromatic carbocycles. The van der Waals surface area contributed by atoms with Crippen molar-refractivity contribution >= 4 is 5.69 Å². The smallest absolute Gasteiger partial charge is 0.288 e. The lowest BCUT2D eigenvalue weighted by molar-refractivity contribution is -0.385. The summed E-state index contributed by atoms with van der Waals surface area (Å²) < 4.78 is 6.12. The molecule has 0 amide bonds. The van der Waals surface area contributed by atoms with E-state index in [9.17, 15) is 14.9 Å². The zero-order chi connectivity index (χ0) is 13.3. The number of aromatic nitrogens is 2. The molecule has 0 N–H and O–H groups in total. The summed E-state index contributed by atoms with van der Waals surface area (Å²) in [6, 6.07) is 2.92. The van der Waals surface area contributed by atoms with Crippen LogP contribution in [0, 0.1) is 24.0 Å². The van der Waals surface area contributed by atoms with E-state index < -0.39 is 4.92 Å². The van der Waals surface area contributed by atoms with Crippen LogP contribution in [0.2, 0.25) is 0 Å². The average Bonchev–Trinajstić information content (AvgIpc) is 2.67. The molecule has 0 saturated heterocycles. The molecule has 0 unspecified atom stereocenters. The molecular formula is C11H11N3O4. The summed E-state index contributed by atoms with van der Waals surface area (Å²) >= 11 is 0. The predicted molar refractivity (Wildman–Crippen MR) is 62.4 cm³/mol. The molecule has 0 radical (unpaired) electrons. The Balaban J connectivity index is 2.42. The molecule has 7 nitrogen and oxygen atoms in total. The topological polar surface area (TPSA) is 91.2 Å². The SMILES string of the molecule is Cc1cc(Cn2cc([N+](=O)[O-])c(C)cc2=O)no1. The molecule has 0 aliphatic rings. The Kier molecular flexibility index (Phi) is 2.97. The number of nitro groups is 1. The normalized spacial score (nSPS) is 10.6. The number of hydrogen-bond donors (Lipinski definition) is 0. The van der Waals surface area contributed by atoms with E-state index in [-0.39, 0.29) is 17.8 Å². The molecular weight excluding hydrogens is 238 g/mol. The van der Waals surface area contributed by atoms with Crippen molar-refractivity contribution in [2.75, 3.05) is 0 Å². The van der Waals surface area contributed by atoms with Crippen LogP contribution in [0.4, 0.5) is 5.69 Å². The molecule has 2 rings (SSSR count). The number of pyridine rings is 1. The first-order valence-corrected chi connectivity index (χ1v) is 5.25. The first-order valence-electron chi connectivity index (χ1n) is 5.25. The van der Waals surface area contributed by atoms with E-state index in [4.69, 9.17) is 4.52 Å². The predicted octanol–water partition coefficient (Wildman–Crippen LogP) is 1.41. The van der Waals surface area contributed by atoms with E-state index >= 15 is 0 Å². The van der Waals surface area contributed by atoms with Crippen LogP contribution in [-0.2, 0) is 6.54 Å². The maximum Gasteiger partial charge on any atom is 0.288 e. The van der Waals surface area contributed by atoms with Gasteiger partial charge in [-0.2, -0.15) is 0 Å². The van der Waals surface area contributed by atoms with E-state index in [0.29, 0.717) is 17.0 Å². The van der Waals surface area contributed by atoms with Gasteiger partial charge in [0.2, 0.25) is 0 Å². The summed E-state index contributed by atoms with van der Waals surface area (Å²) in [6.07, 6.45) is 1.22. The second-order valence-electron chi connectivity index (χ2n) is 3.99. The van der Waals surface area contributed by atoms with Gasteiger partial charge in [0.05, 0.1) is 17.7 Å². The minimum absolute atomic E-state index is 0.0881. The third-order valence-electron chi connectivity index (χ3n) is 2.51.